The summed E-state index contributed by atoms with van der Waals surface area (Å²) in [5, 5.41) is 5.23. The minimum absolute atomic E-state index is 0.0220. The van der Waals surface area contributed by atoms with Crippen LogP contribution in [-0.4, -0.2) is 45.9 Å². The molecule has 2 aromatic heterocycles. The van der Waals surface area contributed by atoms with Crippen LogP contribution in [0.5, 0.6) is 0 Å². The third kappa shape index (κ3) is 7.77. The highest BCUT2D eigenvalue weighted by atomic mass is 35.5. The van der Waals surface area contributed by atoms with Gasteiger partial charge in [0.25, 0.3) is 0 Å². The van der Waals surface area contributed by atoms with E-state index in [1.807, 2.05) is 0 Å². The molecule has 4 aromatic rings. The number of hydrogen-bond donors (Lipinski definition) is 2. The molecule has 0 spiro atoms. The van der Waals surface area contributed by atoms with E-state index in [1.54, 1.807) is 0 Å². The Morgan fingerprint density at radius 1 is 0.600 bits per heavy atom. The van der Waals surface area contributed by atoms with E-state index < -0.39 is 30.0 Å². The average molecular weight is 662 g/mol. The SMILES string of the molecule is O=S(=O)([O-])c1cc(Nc2cc(Cl)nc(Cl)n2)ccc1/C=C/c1ccc(Nc2cc(Cl)nc(Cl)n2)cc1S(=O)(=O)[O-]. The van der Waals surface area contributed by atoms with Gasteiger partial charge in [-0.25, -0.2) is 36.8 Å². The molecule has 40 heavy (non-hydrogen) atoms. The topological polar surface area (TPSA) is 190 Å². The van der Waals surface area contributed by atoms with Gasteiger partial charge in [-0.1, -0.05) is 47.5 Å². The highest BCUT2D eigenvalue weighted by Crippen LogP contribution is 2.29. The van der Waals surface area contributed by atoms with Gasteiger partial charge in [0.2, 0.25) is 10.6 Å². The van der Waals surface area contributed by atoms with E-state index in [0.717, 1.165) is 12.1 Å². The first kappa shape index (κ1) is 29.9. The molecule has 0 saturated heterocycles. The van der Waals surface area contributed by atoms with Crippen molar-refractivity contribution in [2.75, 3.05) is 10.6 Å². The van der Waals surface area contributed by atoms with E-state index in [1.165, 1.54) is 48.6 Å². The number of halogens is 4. The Hall–Kier alpha value is -3.08. The molecule has 0 aliphatic rings. The molecule has 0 radical (unpaired) electrons. The summed E-state index contributed by atoms with van der Waals surface area (Å²) in [4.78, 5) is 13.9. The lowest BCUT2D eigenvalue weighted by Crippen LogP contribution is -2.04. The van der Waals surface area contributed by atoms with Gasteiger partial charge < -0.3 is 19.7 Å². The van der Waals surface area contributed by atoms with Crippen LogP contribution in [0.4, 0.5) is 23.0 Å². The number of anilines is 4. The first-order valence-electron chi connectivity index (χ1n) is 10.5. The lowest BCUT2D eigenvalue weighted by atomic mass is 10.1. The van der Waals surface area contributed by atoms with Crippen molar-refractivity contribution in [2.45, 2.75) is 9.79 Å². The second kappa shape index (κ2) is 11.8. The fourth-order valence-electron chi connectivity index (χ4n) is 3.32. The zero-order valence-electron chi connectivity index (χ0n) is 19.3. The van der Waals surface area contributed by atoms with Crippen LogP contribution in [0.15, 0.2) is 58.3 Å². The summed E-state index contributed by atoms with van der Waals surface area (Å²) in [7, 11) is -10.0. The summed E-state index contributed by atoms with van der Waals surface area (Å²) in [6, 6.07) is 10.2. The maximum atomic E-state index is 12.0. The smallest absolute Gasteiger partial charge is 0.225 e. The van der Waals surface area contributed by atoms with Crippen LogP contribution >= 0.6 is 46.4 Å². The number of aromatic nitrogens is 4. The molecule has 18 heteroatoms. The predicted molar refractivity (Wildman–Crippen MR) is 148 cm³/mol. The Kier molecular flexibility index (Phi) is 8.82. The van der Waals surface area contributed by atoms with Crippen LogP contribution in [0.3, 0.4) is 0 Å². The van der Waals surface area contributed by atoms with Crippen molar-refractivity contribution < 1.29 is 25.9 Å². The Labute approximate surface area is 247 Å². The fourth-order valence-corrected chi connectivity index (χ4v) is 5.53. The maximum Gasteiger partial charge on any atom is 0.225 e. The van der Waals surface area contributed by atoms with E-state index in [9.17, 15) is 25.9 Å². The lowest BCUT2D eigenvalue weighted by Gasteiger charge is -2.15. The Morgan fingerprint density at radius 3 is 1.30 bits per heavy atom. The molecule has 0 aliphatic carbocycles. The highest BCUT2D eigenvalue weighted by Gasteiger charge is 2.13. The van der Waals surface area contributed by atoms with E-state index in [2.05, 4.69) is 30.6 Å². The van der Waals surface area contributed by atoms with E-state index in [0.29, 0.717) is 0 Å². The summed E-state index contributed by atoms with van der Waals surface area (Å²) in [6.45, 7) is 0. The van der Waals surface area contributed by atoms with Crippen LogP contribution in [-0.2, 0) is 20.2 Å². The minimum atomic E-state index is -5.01. The quantitative estimate of drug-likeness (QED) is 0.107. The Balaban J connectivity index is 1.69. The first-order chi connectivity index (χ1) is 18.7. The second-order valence-corrected chi connectivity index (χ2v) is 11.8. The molecule has 2 aromatic carbocycles. The van der Waals surface area contributed by atoms with Crippen molar-refractivity contribution in [1.82, 2.24) is 19.9 Å². The van der Waals surface area contributed by atoms with E-state index >= 15 is 0 Å². The van der Waals surface area contributed by atoms with Gasteiger partial charge in [0.05, 0.1) is 9.79 Å². The van der Waals surface area contributed by atoms with Gasteiger partial charge in [-0.3, -0.25) is 0 Å². The summed E-state index contributed by atoms with van der Waals surface area (Å²) in [5.41, 5.74) is 0.142. The van der Waals surface area contributed by atoms with Crippen LogP contribution < -0.4 is 10.6 Å². The molecule has 2 heterocycles. The molecule has 208 valence electrons. The van der Waals surface area contributed by atoms with Crippen molar-refractivity contribution >= 4 is 102 Å². The molecule has 4 rings (SSSR count). The second-order valence-electron chi connectivity index (χ2n) is 7.69. The third-order valence-corrected chi connectivity index (χ3v) is 7.40. The van der Waals surface area contributed by atoms with Gasteiger partial charge in [0, 0.05) is 23.5 Å². The fraction of sp³-hybridized carbons (Fsp3) is 0. The molecule has 0 fully saturated rings. The number of benzene rings is 2. The summed E-state index contributed by atoms with van der Waals surface area (Å²) >= 11 is 23.2. The molecule has 0 amide bonds. The van der Waals surface area contributed by atoms with Crippen molar-refractivity contribution in [3.63, 3.8) is 0 Å². The molecule has 0 bridgehead atoms. The van der Waals surface area contributed by atoms with Crippen molar-refractivity contribution in [2.24, 2.45) is 0 Å². The average Bonchev–Trinajstić information content (AvgIpc) is 2.81. The minimum Gasteiger partial charge on any atom is -0.744 e. The Bertz CT molecular complexity index is 1700. The number of hydrogen-bond acceptors (Lipinski definition) is 12. The molecule has 0 unspecified atom stereocenters. The van der Waals surface area contributed by atoms with Gasteiger partial charge in [-0.2, -0.15) is 0 Å². The van der Waals surface area contributed by atoms with Gasteiger partial charge in [-0.05, 0) is 58.6 Å². The molecular weight excluding hydrogens is 650 g/mol. The van der Waals surface area contributed by atoms with Crippen molar-refractivity contribution in [3.8, 4) is 0 Å². The van der Waals surface area contributed by atoms with Crippen molar-refractivity contribution in [3.05, 3.63) is 80.5 Å². The van der Waals surface area contributed by atoms with Gasteiger partial charge in [0.15, 0.2) is 0 Å². The normalized spacial score (nSPS) is 12.1. The summed E-state index contributed by atoms with van der Waals surface area (Å²) in [6.07, 6.45) is 2.35. The zero-order chi connectivity index (χ0) is 29.2. The predicted octanol–water partition coefficient (Wildman–Crippen LogP) is 5.35. The molecule has 2 N–H and O–H groups in total. The van der Waals surface area contributed by atoms with Crippen LogP contribution in [0.1, 0.15) is 11.1 Å². The third-order valence-electron chi connectivity index (χ3n) is 4.89. The molecule has 0 saturated carbocycles. The standard InChI is InChI=1S/C22H14Cl4N6O6S2/c23-17-9-19(31-21(25)29-17)27-13-5-3-11(15(7-13)39(33,34)35)1-2-12-4-6-14(8-16(12)40(36,37)38)28-20-10-18(24)30-22(26)32-20/h1-10H,(H,27,29,31)(H,28,30,32)(H,33,34,35)(H,36,37,38)/p-2/b2-1+. The Morgan fingerprint density at radius 2 is 0.975 bits per heavy atom. The van der Waals surface area contributed by atoms with Crippen molar-refractivity contribution in [1.29, 1.82) is 0 Å². The highest BCUT2D eigenvalue weighted by molar-refractivity contribution is 7.86. The molecule has 0 aliphatic heterocycles. The maximum absolute atomic E-state index is 12.0. The molecule has 12 nitrogen and oxygen atoms in total. The van der Waals surface area contributed by atoms with Crippen LogP contribution in [0, 0.1) is 0 Å². The van der Waals surface area contributed by atoms with Crippen LogP contribution in [0.2, 0.25) is 20.9 Å². The first-order valence-corrected chi connectivity index (χ1v) is 14.8. The van der Waals surface area contributed by atoms with E-state index in [-0.39, 0.29) is 55.0 Å². The summed E-state index contributed by atoms with van der Waals surface area (Å²) < 4.78 is 72.0. The lowest BCUT2D eigenvalue weighted by molar-refractivity contribution is 0.460. The number of nitrogens with one attached hydrogen (secondary N) is 2. The van der Waals surface area contributed by atoms with Gasteiger partial charge in [0.1, 0.15) is 42.2 Å². The molecular formula is C22H12Cl4N6O6S2-2. The largest absolute Gasteiger partial charge is 0.744 e. The number of rotatable bonds is 8. The molecule has 0 atom stereocenters. The monoisotopic (exact) mass is 660 g/mol. The number of nitrogens with zero attached hydrogens (tertiary/aromatic N) is 4. The van der Waals surface area contributed by atoms with Crippen LogP contribution in [0.25, 0.3) is 12.2 Å². The van der Waals surface area contributed by atoms with Gasteiger partial charge in [-0.15, -0.1) is 0 Å². The van der Waals surface area contributed by atoms with Gasteiger partial charge >= 0.3 is 0 Å². The zero-order valence-corrected chi connectivity index (χ0v) is 24.0. The summed E-state index contributed by atoms with van der Waals surface area (Å²) in [5.74, 6) is 0.265. The van der Waals surface area contributed by atoms with E-state index in [4.69, 9.17) is 46.4 Å².